The summed E-state index contributed by atoms with van der Waals surface area (Å²) in [5, 5.41) is 13.9. The van der Waals surface area contributed by atoms with Crippen molar-refractivity contribution in [3.05, 3.63) is 67.4 Å². The molecule has 198 valence electrons. The number of hydrogen-bond donors (Lipinski definition) is 4. The summed E-state index contributed by atoms with van der Waals surface area (Å²) in [6.45, 7) is 1.94. The quantitative estimate of drug-likeness (QED) is 0.248. The zero-order valence-electron chi connectivity index (χ0n) is 21.6. The van der Waals surface area contributed by atoms with Gasteiger partial charge in [0.1, 0.15) is 11.0 Å². The smallest absolute Gasteiger partial charge is 0.224 e. The molecule has 7 heterocycles. The van der Waals surface area contributed by atoms with Gasteiger partial charge in [0.15, 0.2) is 11.5 Å². The normalized spacial score (nSPS) is 14.1. The van der Waals surface area contributed by atoms with Gasteiger partial charge in [-0.05, 0) is 62.2 Å². The third-order valence-electron chi connectivity index (χ3n) is 7.22. The van der Waals surface area contributed by atoms with Gasteiger partial charge < -0.3 is 15.6 Å². The van der Waals surface area contributed by atoms with Crippen LogP contribution in [0.5, 0.6) is 0 Å². The number of piperidine rings is 1. The van der Waals surface area contributed by atoms with E-state index in [4.69, 9.17) is 9.97 Å². The average Bonchev–Trinajstić information content (AvgIpc) is 3.62. The molecule has 11 heteroatoms. The average molecular weight is 531 g/mol. The Morgan fingerprint density at radius 3 is 2.70 bits per heavy atom. The van der Waals surface area contributed by atoms with E-state index in [-0.39, 0.29) is 5.91 Å². The second-order valence-electron chi connectivity index (χ2n) is 9.96. The molecule has 1 aliphatic rings. The molecule has 1 saturated heterocycles. The monoisotopic (exact) mass is 530 g/mol. The van der Waals surface area contributed by atoms with Gasteiger partial charge in [0, 0.05) is 36.1 Å². The van der Waals surface area contributed by atoms with Crippen LogP contribution >= 0.6 is 0 Å². The minimum Gasteiger partial charge on any atom is -0.335 e. The third-order valence-corrected chi connectivity index (χ3v) is 7.22. The maximum atomic E-state index is 12.7. The number of nitrogens with zero attached hydrogens (tertiary/aromatic N) is 6. The molecule has 0 atom stereocenters. The fourth-order valence-corrected chi connectivity index (χ4v) is 5.19. The number of amides is 1. The highest BCUT2D eigenvalue weighted by Crippen LogP contribution is 2.31. The summed E-state index contributed by atoms with van der Waals surface area (Å²) < 4.78 is 0. The first-order valence-corrected chi connectivity index (χ1v) is 13.3. The van der Waals surface area contributed by atoms with Crippen molar-refractivity contribution in [2.24, 2.45) is 5.92 Å². The van der Waals surface area contributed by atoms with Gasteiger partial charge in [-0.2, -0.15) is 5.10 Å². The van der Waals surface area contributed by atoms with E-state index in [2.05, 4.69) is 40.8 Å². The van der Waals surface area contributed by atoms with E-state index in [9.17, 15) is 4.79 Å². The molecule has 0 aliphatic carbocycles. The number of aromatic amines is 2. The van der Waals surface area contributed by atoms with Crippen LogP contribution in [-0.2, 0) is 4.79 Å². The van der Waals surface area contributed by atoms with Crippen molar-refractivity contribution in [1.29, 1.82) is 0 Å². The Kier molecular flexibility index (Phi) is 6.17. The molecule has 6 aromatic rings. The van der Waals surface area contributed by atoms with Crippen molar-refractivity contribution in [3.8, 4) is 34.0 Å². The van der Waals surface area contributed by atoms with Crippen molar-refractivity contribution in [2.45, 2.75) is 19.3 Å². The predicted octanol–water partition coefficient (Wildman–Crippen LogP) is 4.35. The van der Waals surface area contributed by atoms with Crippen LogP contribution in [0.4, 0.5) is 5.69 Å². The van der Waals surface area contributed by atoms with Crippen molar-refractivity contribution in [3.63, 3.8) is 0 Å². The molecule has 0 radical (unpaired) electrons. The van der Waals surface area contributed by atoms with E-state index in [1.54, 1.807) is 31.0 Å². The van der Waals surface area contributed by atoms with E-state index >= 15 is 0 Å². The van der Waals surface area contributed by atoms with Gasteiger partial charge in [-0.15, -0.1) is 0 Å². The molecule has 40 heavy (non-hydrogen) atoms. The maximum Gasteiger partial charge on any atom is 0.224 e. The van der Waals surface area contributed by atoms with Crippen LogP contribution in [0.3, 0.4) is 0 Å². The Hall–Kier alpha value is -5.03. The highest BCUT2D eigenvalue weighted by Gasteiger charge is 2.19. The molecule has 0 unspecified atom stereocenters. The van der Waals surface area contributed by atoms with Crippen LogP contribution in [0.25, 0.3) is 56.1 Å². The van der Waals surface area contributed by atoms with E-state index in [1.807, 2.05) is 36.4 Å². The van der Waals surface area contributed by atoms with Gasteiger partial charge in [-0.1, -0.05) is 6.07 Å². The highest BCUT2D eigenvalue weighted by molar-refractivity contribution is 5.95. The zero-order chi connectivity index (χ0) is 26.9. The molecule has 4 N–H and O–H groups in total. The molecule has 0 bridgehead atoms. The molecule has 0 spiro atoms. The number of aromatic nitrogens is 8. The summed E-state index contributed by atoms with van der Waals surface area (Å²) >= 11 is 0. The zero-order valence-corrected chi connectivity index (χ0v) is 21.6. The maximum absolute atomic E-state index is 12.7. The number of carbonyl (C=O) groups excluding carboxylic acids is 1. The van der Waals surface area contributed by atoms with E-state index in [0.717, 1.165) is 59.3 Å². The number of hydrogen-bond acceptors (Lipinski definition) is 8. The summed E-state index contributed by atoms with van der Waals surface area (Å²) in [4.78, 5) is 38.9. The minimum atomic E-state index is 0.0100. The Morgan fingerprint density at radius 1 is 0.925 bits per heavy atom. The number of nitrogens with one attached hydrogen (secondary N) is 4. The second-order valence-corrected chi connectivity index (χ2v) is 9.96. The van der Waals surface area contributed by atoms with Gasteiger partial charge in [0.05, 0.1) is 40.5 Å². The summed E-state index contributed by atoms with van der Waals surface area (Å²) in [5.74, 6) is 0.999. The number of carbonyl (C=O) groups is 1. The number of rotatable bonds is 6. The second kappa shape index (κ2) is 10.3. The van der Waals surface area contributed by atoms with E-state index < -0.39 is 0 Å². The lowest BCUT2D eigenvalue weighted by Crippen LogP contribution is -2.30. The molecule has 0 aromatic carbocycles. The molecule has 1 aliphatic heterocycles. The molecule has 6 aromatic heterocycles. The first kappa shape index (κ1) is 24.0. The Balaban J connectivity index is 1.19. The Labute approximate surface area is 228 Å². The Morgan fingerprint density at radius 2 is 1.82 bits per heavy atom. The molecule has 0 saturated carbocycles. The van der Waals surface area contributed by atoms with Crippen molar-refractivity contribution >= 4 is 33.7 Å². The number of pyridine rings is 4. The van der Waals surface area contributed by atoms with Gasteiger partial charge in [0.25, 0.3) is 0 Å². The van der Waals surface area contributed by atoms with E-state index in [0.29, 0.717) is 40.8 Å². The molecular formula is C29H26N10O. The van der Waals surface area contributed by atoms with Gasteiger partial charge in [0.2, 0.25) is 5.91 Å². The van der Waals surface area contributed by atoms with Crippen LogP contribution in [0.15, 0.2) is 67.4 Å². The summed E-state index contributed by atoms with van der Waals surface area (Å²) in [6.07, 6.45) is 11.2. The van der Waals surface area contributed by atoms with Gasteiger partial charge in [-0.25, -0.2) is 9.97 Å². The lowest BCUT2D eigenvalue weighted by Gasteiger charge is -2.21. The van der Waals surface area contributed by atoms with Crippen LogP contribution < -0.4 is 10.6 Å². The fourth-order valence-electron chi connectivity index (χ4n) is 5.19. The first-order chi connectivity index (χ1) is 19.7. The summed E-state index contributed by atoms with van der Waals surface area (Å²) in [6, 6.07) is 11.5. The largest absolute Gasteiger partial charge is 0.335 e. The molecule has 1 fully saturated rings. The number of H-pyrrole nitrogens is 2. The Bertz CT molecular complexity index is 1820. The predicted molar refractivity (Wildman–Crippen MR) is 152 cm³/mol. The molecule has 11 nitrogen and oxygen atoms in total. The topological polar surface area (TPSA) is 150 Å². The molecule has 7 rings (SSSR count). The highest BCUT2D eigenvalue weighted by atomic mass is 16.1. The van der Waals surface area contributed by atoms with Crippen LogP contribution in [-0.4, -0.2) is 59.1 Å². The summed E-state index contributed by atoms with van der Waals surface area (Å²) in [7, 11) is 0. The van der Waals surface area contributed by atoms with Crippen LogP contribution in [0, 0.1) is 5.92 Å². The van der Waals surface area contributed by atoms with Gasteiger partial charge in [-0.3, -0.25) is 24.8 Å². The lowest BCUT2D eigenvalue weighted by atomic mass is 9.94. The van der Waals surface area contributed by atoms with E-state index in [1.165, 1.54) is 0 Å². The molecular weight excluding hydrogens is 504 g/mol. The van der Waals surface area contributed by atoms with Crippen LogP contribution in [0.2, 0.25) is 0 Å². The van der Waals surface area contributed by atoms with Crippen molar-refractivity contribution in [2.75, 3.05) is 18.4 Å². The molecule has 1 amide bonds. The first-order valence-electron chi connectivity index (χ1n) is 13.3. The standard InChI is InChI=1S/C29H26N10O/c40-25(11-17-6-9-30-10-7-17)34-19-12-18(13-31-14-19)21-4-5-23-27(35-21)28(39-38-23)29-36-24-16-32-15-20(26(24)37-29)22-3-1-2-8-33-22/h1-5,8,12-17,30H,6-7,9-11H2,(H,34,40)(H,36,37)(H,38,39). The van der Waals surface area contributed by atoms with Crippen LogP contribution in [0.1, 0.15) is 19.3 Å². The number of fused-ring (bicyclic) bond motifs is 2. The SMILES string of the molecule is O=C(CC1CCNCC1)Nc1cncc(-c2ccc3[nH]nc(-c4nc5c(-c6ccccn6)cncc5[nH]4)c3n2)c1. The van der Waals surface area contributed by atoms with Crippen molar-refractivity contribution < 1.29 is 4.79 Å². The minimum absolute atomic E-state index is 0.0100. The van der Waals surface area contributed by atoms with Gasteiger partial charge >= 0.3 is 0 Å². The fraction of sp³-hybridized carbons (Fsp3) is 0.207. The lowest BCUT2D eigenvalue weighted by molar-refractivity contribution is -0.117. The van der Waals surface area contributed by atoms with Crippen molar-refractivity contribution in [1.82, 2.24) is 45.4 Å². The third kappa shape index (κ3) is 4.67. The number of anilines is 1. The summed E-state index contributed by atoms with van der Waals surface area (Å²) in [5.41, 5.74) is 7.36. The number of imidazole rings is 1.